The van der Waals surface area contributed by atoms with Crippen molar-refractivity contribution >= 4 is 0 Å². The lowest BCUT2D eigenvalue weighted by atomic mass is 10.1. The van der Waals surface area contributed by atoms with Crippen LogP contribution in [0.1, 0.15) is 24.0 Å². The number of hydrogen-bond donors (Lipinski definition) is 4. The molecular formula is C18H32N4O. The van der Waals surface area contributed by atoms with Crippen molar-refractivity contribution in [2.75, 3.05) is 52.4 Å². The summed E-state index contributed by atoms with van der Waals surface area (Å²) in [5.41, 5.74) is 2.30. The van der Waals surface area contributed by atoms with Gasteiger partial charge in [-0.05, 0) is 50.1 Å². The van der Waals surface area contributed by atoms with Crippen molar-refractivity contribution in [2.45, 2.75) is 26.0 Å². The highest BCUT2D eigenvalue weighted by atomic mass is 16.3. The summed E-state index contributed by atoms with van der Waals surface area (Å²) in [6.07, 6.45) is 2.36. The third-order valence-electron chi connectivity index (χ3n) is 4.23. The van der Waals surface area contributed by atoms with Crippen LogP contribution in [0.2, 0.25) is 0 Å². The zero-order valence-corrected chi connectivity index (χ0v) is 14.2. The Morgan fingerprint density at radius 3 is 2.04 bits per heavy atom. The van der Waals surface area contributed by atoms with Crippen molar-refractivity contribution in [1.29, 1.82) is 0 Å². The summed E-state index contributed by atoms with van der Waals surface area (Å²) in [4.78, 5) is 2.52. The lowest BCUT2D eigenvalue weighted by Crippen LogP contribution is -2.36. The van der Waals surface area contributed by atoms with Gasteiger partial charge in [0.05, 0.1) is 6.61 Å². The molecule has 0 radical (unpaired) electrons. The lowest BCUT2D eigenvalue weighted by molar-refractivity contribution is 0.259. The number of hydrogen-bond acceptors (Lipinski definition) is 5. The molecule has 130 valence electrons. The number of aliphatic hydroxyl groups is 1. The summed E-state index contributed by atoms with van der Waals surface area (Å²) < 4.78 is 0. The van der Waals surface area contributed by atoms with Gasteiger partial charge in [0, 0.05) is 32.7 Å². The van der Waals surface area contributed by atoms with Crippen LogP contribution in [0.5, 0.6) is 0 Å². The highest BCUT2D eigenvalue weighted by Gasteiger charge is 2.06. The molecule has 0 saturated carbocycles. The monoisotopic (exact) mass is 320 g/mol. The van der Waals surface area contributed by atoms with E-state index in [2.05, 4.69) is 33.0 Å². The second-order valence-corrected chi connectivity index (χ2v) is 6.21. The average Bonchev–Trinajstić information content (AvgIpc) is 2.59. The highest BCUT2D eigenvalue weighted by Crippen LogP contribution is 2.08. The molecule has 0 aliphatic carbocycles. The Balaban J connectivity index is 1.81. The van der Waals surface area contributed by atoms with Gasteiger partial charge < -0.3 is 21.1 Å². The van der Waals surface area contributed by atoms with Gasteiger partial charge in [-0.15, -0.1) is 0 Å². The van der Waals surface area contributed by atoms with Gasteiger partial charge in [-0.1, -0.05) is 24.3 Å². The van der Waals surface area contributed by atoms with Crippen LogP contribution >= 0.6 is 0 Å². The van der Waals surface area contributed by atoms with Crippen molar-refractivity contribution in [3.63, 3.8) is 0 Å². The van der Waals surface area contributed by atoms with Gasteiger partial charge in [-0.3, -0.25) is 4.90 Å². The minimum atomic E-state index is 0.119. The molecule has 1 aromatic carbocycles. The van der Waals surface area contributed by atoms with E-state index in [0.29, 0.717) is 0 Å². The molecule has 1 saturated heterocycles. The van der Waals surface area contributed by atoms with E-state index >= 15 is 0 Å². The van der Waals surface area contributed by atoms with Crippen molar-refractivity contribution < 1.29 is 5.11 Å². The van der Waals surface area contributed by atoms with E-state index in [9.17, 15) is 0 Å². The van der Waals surface area contributed by atoms with E-state index in [-0.39, 0.29) is 6.61 Å². The van der Waals surface area contributed by atoms with E-state index < -0.39 is 0 Å². The maximum Gasteiger partial charge on any atom is 0.0681 e. The first-order valence-corrected chi connectivity index (χ1v) is 8.91. The summed E-state index contributed by atoms with van der Waals surface area (Å²) in [6, 6.07) is 8.31. The molecule has 1 heterocycles. The van der Waals surface area contributed by atoms with Gasteiger partial charge in [-0.2, -0.15) is 0 Å². The highest BCUT2D eigenvalue weighted by molar-refractivity contribution is 5.21. The minimum absolute atomic E-state index is 0.119. The molecule has 0 atom stereocenters. The minimum Gasteiger partial charge on any atom is -0.392 e. The van der Waals surface area contributed by atoms with E-state index in [4.69, 9.17) is 5.11 Å². The van der Waals surface area contributed by atoms with Crippen LogP contribution in [-0.2, 0) is 13.2 Å². The predicted octanol–water partition coefficient (Wildman–Crippen LogP) is 0.544. The SMILES string of the molecule is OCc1ccc(CN2CCCNCCNCCCNCC2)cc1. The van der Waals surface area contributed by atoms with Gasteiger partial charge in [-0.25, -0.2) is 0 Å². The fraction of sp³-hybridized carbons (Fsp3) is 0.667. The second kappa shape index (κ2) is 11.5. The molecule has 1 aromatic rings. The number of rotatable bonds is 3. The molecule has 1 aliphatic rings. The first kappa shape index (κ1) is 18.4. The standard InChI is InChI=1S/C18H32N4O/c23-16-18-5-3-17(4-6-18)15-22-13-2-9-20-11-10-19-7-1-8-21-12-14-22/h3-6,19-21,23H,1-2,7-16H2. The van der Waals surface area contributed by atoms with Gasteiger partial charge in [0.15, 0.2) is 0 Å². The molecule has 0 spiro atoms. The van der Waals surface area contributed by atoms with Crippen LogP contribution < -0.4 is 16.0 Å². The van der Waals surface area contributed by atoms with E-state index in [1.54, 1.807) is 0 Å². The Kier molecular flexibility index (Phi) is 9.21. The van der Waals surface area contributed by atoms with Crippen LogP contribution in [0.3, 0.4) is 0 Å². The van der Waals surface area contributed by atoms with Crippen molar-refractivity contribution in [3.05, 3.63) is 35.4 Å². The van der Waals surface area contributed by atoms with Crippen LogP contribution in [0.4, 0.5) is 0 Å². The van der Waals surface area contributed by atoms with E-state index in [1.807, 2.05) is 12.1 Å². The summed E-state index contributed by atoms with van der Waals surface area (Å²) in [7, 11) is 0. The Bertz CT molecular complexity index is 396. The van der Waals surface area contributed by atoms with Gasteiger partial charge in [0.25, 0.3) is 0 Å². The molecule has 2 rings (SSSR count). The first-order valence-electron chi connectivity index (χ1n) is 8.91. The molecule has 1 aliphatic heterocycles. The van der Waals surface area contributed by atoms with Gasteiger partial charge >= 0.3 is 0 Å². The molecule has 23 heavy (non-hydrogen) atoms. The van der Waals surface area contributed by atoms with Gasteiger partial charge in [0.2, 0.25) is 0 Å². The van der Waals surface area contributed by atoms with Gasteiger partial charge in [0.1, 0.15) is 0 Å². The van der Waals surface area contributed by atoms with Crippen LogP contribution in [0.15, 0.2) is 24.3 Å². The molecule has 0 aromatic heterocycles. The molecular weight excluding hydrogens is 288 g/mol. The fourth-order valence-corrected chi connectivity index (χ4v) is 2.83. The molecule has 4 N–H and O–H groups in total. The second-order valence-electron chi connectivity index (χ2n) is 6.21. The summed E-state index contributed by atoms with van der Waals surface area (Å²) in [5.74, 6) is 0. The summed E-state index contributed by atoms with van der Waals surface area (Å²) >= 11 is 0. The maximum absolute atomic E-state index is 9.14. The largest absolute Gasteiger partial charge is 0.392 e. The maximum atomic E-state index is 9.14. The number of benzene rings is 1. The van der Waals surface area contributed by atoms with E-state index in [1.165, 1.54) is 18.4 Å². The average molecular weight is 320 g/mol. The summed E-state index contributed by atoms with van der Waals surface area (Å²) in [6.45, 7) is 9.70. The quantitative estimate of drug-likeness (QED) is 0.655. The van der Waals surface area contributed by atoms with Crippen molar-refractivity contribution in [1.82, 2.24) is 20.9 Å². The first-order chi connectivity index (χ1) is 11.4. The normalized spacial score (nSPS) is 20.0. The molecule has 1 fully saturated rings. The molecule has 0 bridgehead atoms. The Morgan fingerprint density at radius 1 is 0.739 bits per heavy atom. The molecule has 5 heteroatoms. The molecule has 5 nitrogen and oxygen atoms in total. The molecule has 0 unspecified atom stereocenters. The Labute approximate surface area is 140 Å². The topological polar surface area (TPSA) is 59.6 Å². The van der Waals surface area contributed by atoms with Crippen molar-refractivity contribution in [2.24, 2.45) is 0 Å². The van der Waals surface area contributed by atoms with Crippen molar-refractivity contribution in [3.8, 4) is 0 Å². The lowest BCUT2D eigenvalue weighted by Gasteiger charge is -2.23. The molecule has 0 amide bonds. The smallest absolute Gasteiger partial charge is 0.0681 e. The fourth-order valence-electron chi connectivity index (χ4n) is 2.83. The van der Waals surface area contributed by atoms with Crippen LogP contribution in [-0.4, -0.2) is 62.4 Å². The number of aliphatic hydroxyl groups excluding tert-OH is 1. The van der Waals surface area contributed by atoms with Crippen LogP contribution in [0, 0.1) is 0 Å². The zero-order valence-electron chi connectivity index (χ0n) is 14.2. The number of nitrogens with zero attached hydrogens (tertiary/aromatic N) is 1. The van der Waals surface area contributed by atoms with Crippen LogP contribution in [0.25, 0.3) is 0 Å². The summed E-state index contributed by atoms with van der Waals surface area (Å²) in [5, 5.41) is 19.6. The number of nitrogens with one attached hydrogen (secondary N) is 3. The Hall–Kier alpha value is -0.980. The Morgan fingerprint density at radius 2 is 1.35 bits per heavy atom. The third-order valence-corrected chi connectivity index (χ3v) is 4.23. The van der Waals surface area contributed by atoms with E-state index in [0.717, 1.165) is 64.5 Å². The zero-order chi connectivity index (χ0) is 16.2. The predicted molar refractivity (Wildman–Crippen MR) is 95.5 cm³/mol. The third kappa shape index (κ3) is 7.90.